The van der Waals surface area contributed by atoms with Crippen LogP contribution >= 0.6 is 27.5 Å². The maximum absolute atomic E-state index is 13.3. The number of alkyl halides is 6. The van der Waals surface area contributed by atoms with E-state index < -0.39 is 29.5 Å². The van der Waals surface area contributed by atoms with Crippen LogP contribution in [0.4, 0.5) is 26.3 Å². The highest BCUT2D eigenvalue weighted by Crippen LogP contribution is 2.46. The fourth-order valence-electron chi connectivity index (χ4n) is 3.60. The van der Waals surface area contributed by atoms with Crippen molar-refractivity contribution in [2.24, 2.45) is 0 Å². The van der Waals surface area contributed by atoms with Crippen molar-refractivity contribution >= 4 is 27.5 Å². The molecule has 0 bridgehead atoms. The number of hydrogen-bond acceptors (Lipinski definition) is 3. The van der Waals surface area contributed by atoms with Crippen LogP contribution in [0.25, 0.3) is 22.5 Å². The Balaban J connectivity index is 2.07. The summed E-state index contributed by atoms with van der Waals surface area (Å²) >= 11 is 9.73. The Labute approximate surface area is 207 Å². The number of nitrogens with zero attached hydrogens (tertiary/aromatic N) is 4. The maximum Gasteiger partial charge on any atom is 0.435 e. The molecule has 2 heterocycles. The third kappa shape index (κ3) is 4.52. The average Bonchev–Trinajstić information content (AvgIpc) is 3.32. The van der Waals surface area contributed by atoms with Gasteiger partial charge in [0.05, 0.1) is 10.2 Å². The summed E-state index contributed by atoms with van der Waals surface area (Å²) in [6.07, 6.45) is -9.45. The van der Waals surface area contributed by atoms with Gasteiger partial charge >= 0.3 is 12.4 Å². The Morgan fingerprint density at radius 1 is 0.857 bits per heavy atom. The molecule has 35 heavy (non-hydrogen) atoms. The molecule has 4 aromatic rings. The van der Waals surface area contributed by atoms with Crippen molar-refractivity contribution in [1.82, 2.24) is 19.6 Å². The normalized spacial score (nSPS) is 12.4. The predicted molar refractivity (Wildman–Crippen MR) is 120 cm³/mol. The van der Waals surface area contributed by atoms with Crippen LogP contribution < -0.4 is 0 Å². The number of phenolic OH excluding ortho intramolecular Hbond substituents is 1. The zero-order valence-electron chi connectivity index (χ0n) is 17.8. The second-order valence-electron chi connectivity index (χ2n) is 7.59. The number of rotatable bonds is 3. The van der Waals surface area contributed by atoms with E-state index in [2.05, 4.69) is 26.1 Å². The van der Waals surface area contributed by atoms with Gasteiger partial charge in [-0.1, -0.05) is 29.8 Å². The first-order chi connectivity index (χ1) is 16.2. The van der Waals surface area contributed by atoms with Gasteiger partial charge in [-0.2, -0.15) is 36.5 Å². The average molecular weight is 580 g/mol. The van der Waals surface area contributed by atoms with Crippen LogP contribution in [0, 0.1) is 13.8 Å². The minimum absolute atomic E-state index is 0.00928. The number of phenols is 1. The lowest BCUT2D eigenvalue weighted by Crippen LogP contribution is -2.10. The van der Waals surface area contributed by atoms with Crippen LogP contribution in [0.2, 0.25) is 5.02 Å². The quantitative estimate of drug-likeness (QED) is 0.256. The van der Waals surface area contributed by atoms with Crippen molar-refractivity contribution < 1.29 is 31.4 Å². The van der Waals surface area contributed by atoms with E-state index in [9.17, 15) is 31.4 Å². The van der Waals surface area contributed by atoms with Gasteiger partial charge in [0, 0.05) is 33.6 Å². The standard InChI is InChI=1S/C22H14BrClF6N4O/c1-10-7-16(21(25,26)27)31-33(10)14-9-15(35)20(34-11(2)8-17(32-34)22(28,29)30)18(19(14)23)12-5-3-4-6-13(12)24/h3-9,35H,1-2H3. The highest BCUT2D eigenvalue weighted by atomic mass is 79.9. The van der Waals surface area contributed by atoms with Crippen molar-refractivity contribution in [2.75, 3.05) is 0 Å². The zero-order chi connectivity index (χ0) is 25.9. The van der Waals surface area contributed by atoms with Gasteiger partial charge in [0.25, 0.3) is 0 Å². The van der Waals surface area contributed by atoms with E-state index in [0.29, 0.717) is 0 Å². The highest BCUT2D eigenvalue weighted by molar-refractivity contribution is 9.10. The summed E-state index contributed by atoms with van der Waals surface area (Å²) in [5.41, 5.74) is -1.93. The first-order valence-corrected chi connectivity index (χ1v) is 11.0. The summed E-state index contributed by atoms with van der Waals surface area (Å²) in [4.78, 5) is 0. The molecule has 0 aliphatic rings. The van der Waals surface area contributed by atoms with Crippen LogP contribution in [0.3, 0.4) is 0 Å². The molecule has 0 aliphatic carbocycles. The highest BCUT2D eigenvalue weighted by Gasteiger charge is 2.37. The lowest BCUT2D eigenvalue weighted by atomic mass is 10.0. The van der Waals surface area contributed by atoms with Gasteiger partial charge in [-0.25, -0.2) is 9.36 Å². The topological polar surface area (TPSA) is 55.9 Å². The molecule has 0 amide bonds. The van der Waals surface area contributed by atoms with Crippen molar-refractivity contribution in [2.45, 2.75) is 26.2 Å². The number of benzene rings is 2. The molecule has 1 N–H and O–H groups in total. The second kappa shape index (κ2) is 8.59. The Kier molecular flexibility index (Phi) is 6.17. The van der Waals surface area contributed by atoms with Gasteiger partial charge in [0.2, 0.25) is 0 Å². The lowest BCUT2D eigenvalue weighted by Gasteiger charge is -2.20. The van der Waals surface area contributed by atoms with Crippen molar-refractivity contribution in [1.29, 1.82) is 0 Å². The van der Waals surface area contributed by atoms with Crippen molar-refractivity contribution in [3.63, 3.8) is 0 Å². The van der Waals surface area contributed by atoms with Gasteiger partial charge in [-0.3, -0.25) is 0 Å². The van der Waals surface area contributed by atoms with E-state index in [1.807, 2.05) is 0 Å². The molecule has 0 saturated heterocycles. The monoisotopic (exact) mass is 578 g/mol. The fraction of sp³-hybridized carbons (Fsp3) is 0.182. The molecule has 0 spiro atoms. The summed E-state index contributed by atoms with van der Waals surface area (Å²) in [6.45, 7) is 2.76. The molecule has 5 nitrogen and oxygen atoms in total. The molecular weight excluding hydrogens is 566 g/mol. The molecule has 0 aliphatic heterocycles. The predicted octanol–water partition coefficient (Wildman–Crippen LogP) is 7.50. The van der Waals surface area contributed by atoms with Gasteiger partial charge in [0.1, 0.15) is 11.4 Å². The molecule has 0 unspecified atom stereocenters. The van der Waals surface area contributed by atoms with Crippen molar-refractivity contribution in [3.8, 4) is 28.3 Å². The minimum atomic E-state index is -4.74. The molecule has 184 valence electrons. The molecular formula is C22H14BrClF6N4O. The summed E-state index contributed by atoms with van der Waals surface area (Å²) in [5.74, 6) is -0.554. The summed E-state index contributed by atoms with van der Waals surface area (Å²) in [7, 11) is 0. The Bertz CT molecular complexity index is 1440. The number of aromatic hydroxyl groups is 1. The van der Waals surface area contributed by atoms with Crippen LogP contribution in [0.1, 0.15) is 22.8 Å². The summed E-state index contributed by atoms with van der Waals surface area (Å²) < 4.78 is 81.7. The lowest BCUT2D eigenvalue weighted by molar-refractivity contribution is -0.142. The molecule has 0 saturated carbocycles. The largest absolute Gasteiger partial charge is 0.506 e. The van der Waals surface area contributed by atoms with Gasteiger partial charge < -0.3 is 5.11 Å². The van der Waals surface area contributed by atoms with Gasteiger partial charge in [0.15, 0.2) is 11.4 Å². The second-order valence-corrected chi connectivity index (χ2v) is 8.79. The molecule has 0 fully saturated rings. The van der Waals surface area contributed by atoms with Gasteiger partial charge in [-0.05, 0) is 48.0 Å². The van der Waals surface area contributed by atoms with E-state index in [4.69, 9.17) is 11.6 Å². The first-order valence-electron chi connectivity index (χ1n) is 9.79. The SMILES string of the molecule is Cc1cc(C(F)(F)F)nn1-c1cc(O)c(-n2nc(C(F)(F)F)cc2C)c(-c2ccccc2Cl)c1Br. The number of aromatic nitrogens is 4. The molecule has 4 rings (SSSR count). The number of hydrogen-bond donors (Lipinski definition) is 1. The first kappa shape index (κ1) is 25.1. The number of halogens is 8. The Morgan fingerprint density at radius 2 is 1.37 bits per heavy atom. The van der Waals surface area contributed by atoms with Crippen LogP contribution in [0.5, 0.6) is 5.75 Å². The van der Waals surface area contributed by atoms with E-state index in [1.165, 1.54) is 19.9 Å². The Hall–Kier alpha value is -2.99. The molecule has 13 heteroatoms. The van der Waals surface area contributed by atoms with Crippen LogP contribution in [-0.4, -0.2) is 24.7 Å². The molecule has 0 atom stereocenters. The fourth-order valence-corrected chi connectivity index (χ4v) is 4.51. The number of aryl methyl sites for hydroxylation is 2. The van der Waals surface area contributed by atoms with Gasteiger partial charge in [-0.15, -0.1) is 0 Å². The van der Waals surface area contributed by atoms with E-state index >= 15 is 0 Å². The summed E-state index contributed by atoms with van der Waals surface area (Å²) in [5, 5.41) is 18.4. The third-order valence-corrected chi connectivity index (χ3v) is 6.27. The summed E-state index contributed by atoms with van der Waals surface area (Å²) in [6, 6.07) is 9.04. The van der Waals surface area contributed by atoms with Crippen LogP contribution in [0.15, 0.2) is 46.9 Å². The third-order valence-electron chi connectivity index (χ3n) is 5.14. The molecule has 2 aromatic heterocycles. The smallest absolute Gasteiger partial charge is 0.435 e. The molecule has 2 aromatic carbocycles. The zero-order valence-corrected chi connectivity index (χ0v) is 20.1. The van der Waals surface area contributed by atoms with Crippen LogP contribution in [-0.2, 0) is 12.4 Å². The Morgan fingerprint density at radius 3 is 1.89 bits per heavy atom. The van der Waals surface area contributed by atoms with E-state index in [0.717, 1.165) is 27.6 Å². The molecule has 0 radical (unpaired) electrons. The minimum Gasteiger partial charge on any atom is -0.506 e. The van der Waals surface area contributed by atoms with E-state index in [1.54, 1.807) is 18.2 Å². The van der Waals surface area contributed by atoms with Crippen molar-refractivity contribution in [3.05, 3.63) is 74.7 Å². The van der Waals surface area contributed by atoms with E-state index in [-0.39, 0.29) is 43.4 Å². The maximum atomic E-state index is 13.3.